The maximum atomic E-state index is 12.3. The van der Waals surface area contributed by atoms with E-state index in [0.29, 0.717) is 6.42 Å². The number of hydrogen-bond donors (Lipinski definition) is 1. The van der Waals surface area contributed by atoms with Crippen LogP contribution in [0.25, 0.3) is 0 Å². The number of ether oxygens (including phenoxy) is 1. The van der Waals surface area contributed by atoms with E-state index in [1.54, 1.807) is 0 Å². The molecule has 0 aliphatic rings. The topological polar surface area (TPSA) is 38.3 Å². The summed E-state index contributed by atoms with van der Waals surface area (Å²) >= 11 is 0. The van der Waals surface area contributed by atoms with Crippen LogP contribution in [0.4, 0.5) is 8.78 Å². The summed E-state index contributed by atoms with van der Waals surface area (Å²) in [6, 6.07) is 8.16. The van der Waals surface area contributed by atoms with Gasteiger partial charge in [0.2, 0.25) is 0 Å². The Labute approximate surface area is 112 Å². The van der Waals surface area contributed by atoms with E-state index in [0.717, 1.165) is 5.56 Å². The smallest absolute Gasteiger partial charge is 0.323 e. The summed E-state index contributed by atoms with van der Waals surface area (Å²) < 4.78 is 29.7. The molecule has 5 heteroatoms. The normalized spacial score (nSPS) is 12.7. The second-order valence-corrected chi connectivity index (χ2v) is 4.74. The quantitative estimate of drug-likeness (QED) is 0.612. The molecule has 106 valence electrons. The number of benzene rings is 1. The van der Waals surface area contributed by atoms with Gasteiger partial charge in [0.15, 0.2) is 0 Å². The molecule has 1 rings (SSSR count). The SMILES string of the molecule is CC(C)C[C@H](NC(F)F)C(=O)OCc1ccccc1. The van der Waals surface area contributed by atoms with Gasteiger partial charge in [-0.25, -0.2) is 5.32 Å². The molecule has 1 atom stereocenters. The number of esters is 1. The Hall–Kier alpha value is -1.49. The lowest BCUT2D eigenvalue weighted by Gasteiger charge is -2.18. The first kappa shape index (κ1) is 15.6. The molecule has 19 heavy (non-hydrogen) atoms. The zero-order valence-corrected chi connectivity index (χ0v) is 11.1. The number of nitrogens with one attached hydrogen (secondary N) is 1. The van der Waals surface area contributed by atoms with Gasteiger partial charge in [-0.05, 0) is 17.9 Å². The lowest BCUT2D eigenvalue weighted by molar-refractivity contribution is -0.149. The van der Waals surface area contributed by atoms with Crippen LogP contribution in [0.15, 0.2) is 30.3 Å². The molecule has 0 saturated carbocycles. The average molecular weight is 271 g/mol. The Kier molecular flexibility index (Phi) is 6.42. The van der Waals surface area contributed by atoms with Gasteiger partial charge in [-0.3, -0.25) is 4.79 Å². The van der Waals surface area contributed by atoms with Gasteiger partial charge in [-0.2, -0.15) is 8.78 Å². The van der Waals surface area contributed by atoms with Crippen molar-refractivity contribution in [2.24, 2.45) is 5.92 Å². The highest BCUT2D eigenvalue weighted by Gasteiger charge is 2.24. The summed E-state index contributed by atoms with van der Waals surface area (Å²) in [6.07, 6.45) is 0.317. The van der Waals surface area contributed by atoms with Crippen molar-refractivity contribution >= 4 is 5.97 Å². The van der Waals surface area contributed by atoms with Crippen molar-refractivity contribution < 1.29 is 18.3 Å². The standard InChI is InChI=1S/C14H19F2NO2/c1-10(2)8-12(17-14(15)16)13(18)19-9-11-6-4-3-5-7-11/h3-7,10,12,14,17H,8-9H2,1-2H3/t12-/m0/s1. The summed E-state index contributed by atoms with van der Waals surface area (Å²) in [5.41, 5.74) is 0.830. The molecular formula is C14H19F2NO2. The lowest BCUT2D eigenvalue weighted by Crippen LogP contribution is -2.41. The molecule has 1 N–H and O–H groups in total. The Bertz CT molecular complexity index is 372. The first-order valence-corrected chi connectivity index (χ1v) is 6.23. The van der Waals surface area contributed by atoms with Crippen molar-refractivity contribution in [3.63, 3.8) is 0 Å². The highest BCUT2D eigenvalue weighted by atomic mass is 19.3. The molecule has 0 fully saturated rings. The summed E-state index contributed by atoms with van der Waals surface area (Å²) in [6.45, 7) is 1.10. The van der Waals surface area contributed by atoms with Crippen molar-refractivity contribution in [1.82, 2.24) is 5.32 Å². The summed E-state index contributed by atoms with van der Waals surface area (Å²) in [5.74, 6) is -0.515. The monoisotopic (exact) mass is 271 g/mol. The zero-order valence-electron chi connectivity index (χ0n) is 11.1. The molecule has 0 radical (unpaired) electrons. The van der Waals surface area contributed by atoms with Crippen LogP contribution >= 0.6 is 0 Å². The third-order valence-corrected chi connectivity index (χ3v) is 2.54. The highest BCUT2D eigenvalue weighted by Crippen LogP contribution is 2.10. The molecule has 0 amide bonds. The molecule has 0 aliphatic carbocycles. The summed E-state index contributed by atoms with van der Waals surface area (Å²) in [4.78, 5) is 11.8. The van der Waals surface area contributed by atoms with E-state index in [2.05, 4.69) is 0 Å². The zero-order chi connectivity index (χ0) is 14.3. The van der Waals surface area contributed by atoms with Crippen LogP contribution in [0.5, 0.6) is 0 Å². The number of carbonyl (C=O) groups is 1. The molecule has 0 unspecified atom stereocenters. The van der Waals surface area contributed by atoms with Crippen LogP contribution < -0.4 is 5.32 Å². The van der Waals surface area contributed by atoms with Crippen molar-refractivity contribution in [2.75, 3.05) is 0 Å². The third kappa shape index (κ3) is 6.29. The number of alkyl halides is 2. The van der Waals surface area contributed by atoms with E-state index in [-0.39, 0.29) is 12.5 Å². The fourth-order valence-corrected chi connectivity index (χ4v) is 1.69. The van der Waals surface area contributed by atoms with Gasteiger partial charge in [0.25, 0.3) is 6.55 Å². The van der Waals surface area contributed by atoms with E-state index in [1.165, 1.54) is 0 Å². The summed E-state index contributed by atoms with van der Waals surface area (Å²) in [7, 11) is 0. The molecule has 0 aromatic heterocycles. The molecule has 0 bridgehead atoms. The van der Waals surface area contributed by atoms with Crippen LogP contribution in [-0.4, -0.2) is 18.6 Å². The predicted molar refractivity (Wildman–Crippen MR) is 68.6 cm³/mol. The minimum absolute atomic E-state index is 0.0964. The molecule has 1 aromatic rings. The van der Waals surface area contributed by atoms with Gasteiger partial charge >= 0.3 is 5.97 Å². The number of hydrogen-bond acceptors (Lipinski definition) is 3. The van der Waals surface area contributed by atoms with Crippen LogP contribution in [0, 0.1) is 5.92 Å². The maximum absolute atomic E-state index is 12.3. The molecular weight excluding hydrogens is 252 g/mol. The first-order chi connectivity index (χ1) is 8.99. The van der Waals surface area contributed by atoms with Crippen molar-refractivity contribution in [2.45, 2.75) is 39.5 Å². The molecule has 0 saturated heterocycles. The Morgan fingerprint density at radius 3 is 2.42 bits per heavy atom. The minimum Gasteiger partial charge on any atom is -0.460 e. The van der Waals surface area contributed by atoms with Crippen molar-refractivity contribution in [1.29, 1.82) is 0 Å². The van der Waals surface area contributed by atoms with Gasteiger partial charge in [-0.1, -0.05) is 44.2 Å². The van der Waals surface area contributed by atoms with Gasteiger partial charge in [0.1, 0.15) is 12.6 Å². The van der Waals surface area contributed by atoms with E-state index < -0.39 is 18.6 Å². The van der Waals surface area contributed by atoms with E-state index >= 15 is 0 Å². The first-order valence-electron chi connectivity index (χ1n) is 6.23. The lowest BCUT2D eigenvalue weighted by atomic mass is 10.0. The Balaban J connectivity index is 2.51. The fraction of sp³-hybridized carbons (Fsp3) is 0.500. The molecule has 3 nitrogen and oxygen atoms in total. The Morgan fingerprint density at radius 2 is 1.89 bits per heavy atom. The second kappa shape index (κ2) is 7.84. The van der Waals surface area contributed by atoms with Gasteiger partial charge < -0.3 is 4.74 Å². The fourth-order valence-electron chi connectivity index (χ4n) is 1.69. The maximum Gasteiger partial charge on any atom is 0.323 e. The van der Waals surface area contributed by atoms with Gasteiger partial charge in [-0.15, -0.1) is 0 Å². The number of carbonyl (C=O) groups excluding carboxylic acids is 1. The van der Waals surface area contributed by atoms with Crippen LogP contribution in [0.1, 0.15) is 25.8 Å². The largest absolute Gasteiger partial charge is 0.460 e. The number of rotatable bonds is 7. The predicted octanol–water partition coefficient (Wildman–Crippen LogP) is 2.96. The summed E-state index contributed by atoms with van der Waals surface area (Å²) in [5, 5.41) is 1.94. The second-order valence-electron chi connectivity index (χ2n) is 4.74. The van der Waals surface area contributed by atoms with Crippen LogP contribution in [-0.2, 0) is 16.1 Å². The van der Waals surface area contributed by atoms with E-state index in [4.69, 9.17) is 4.74 Å². The van der Waals surface area contributed by atoms with E-state index in [9.17, 15) is 13.6 Å². The molecule has 0 aliphatic heterocycles. The van der Waals surface area contributed by atoms with Crippen molar-refractivity contribution in [3.05, 3.63) is 35.9 Å². The molecule has 0 spiro atoms. The molecule has 0 heterocycles. The van der Waals surface area contributed by atoms with E-state index in [1.807, 2.05) is 49.5 Å². The molecule has 1 aromatic carbocycles. The van der Waals surface area contributed by atoms with Gasteiger partial charge in [0, 0.05) is 0 Å². The van der Waals surface area contributed by atoms with Crippen molar-refractivity contribution in [3.8, 4) is 0 Å². The average Bonchev–Trinajstić information content (AvgIpc) is 2.35. The van der Waals surface area contributed by atoms with Crippen LogP contribution in [0.3, 0.4) is 0 Å². The Morgan fingerprint density at radius 1 is 1.26 bits per heavy atom. The number of halogens is 2. The minimum atomic E-state index is -2.73. The van der Waals surface area contributed by atoms with Crippen LogP contribution in [0.2, 0.25) is 0 Å². The third-order valence-electron chi connectivity index (χ3n) is 2.54. The highest BCUT2D eigenvalue weighted by molar-refractivity contribution is 5.75. The van der Waals surface area contributed by atoms with Gasteiger partial charge in [0.05, 0.1) is 0 Å².